The number of aryl methyl sites for hydroxylation is 2. The molecule has 108 valence electrons. The molecular weight excluding hydrogens is 244 g/mol. The Morgan fingerprint density at radius 2 is 2.11 bits per heavy atom. The SMILES string of the molecule is CCCC(C)(O)C(=O)NC(CC)c1c(C)noc1C. The number of rotatable bonds is 6. The van der Waals surface area contributed by atoms with Crippen molar-refractivity contribution in [3.8, 4) is 0 Å². The summed E-state index contributed by atoms with van der Waals surface area (Å²) >= 11 is 0. The van der Waals surface area contributed by atoms with Crippen LogP contribution in [-0.4, -0.2) is 21.8 Å². The van der Waals surface area contributed by atoms with Crippen LogP contribution in [0.1, 0.15) is 63.1 Å². The number of hydrogen-bond acceptors (Lipinski definition) is 4. The molecular formula is C14H24N2O3. The molecule has 0 bridgehead atoms. The van der Waals surface area contributed by atoms with E-state index in [1.807, 2.05) is 27.7 Å². The molecule has 0 saturated carbocycles. The van der Waals surface area contributed by atoms with Gasteiger partial charge in [0.2, 0.25) is 0 Å². The van der Waals surface area contributed by atoms with E-state index in [2.05, 4.69) is 10.5 Å². The van der Waals surface area contributed by atoms with Crippen LogP contribution in [0.4, 0.5) is 0 Å². The zero-order valence-corrected chi connectivity index (χ0v) is 12.4. The van der Waals surface area contributed by atoms with E-state index < -0.39 is 5.60 Å². The van der Waals surface area contributed by atoms with Crippen molar-refractivity contribution in [2.45, 2.75) is 65.5 Å². The molecule has 0 radical (unpaired) electrons. The normalized spacial score (nSPS) is 15.9. The third-order valence-electron chi connectivity index (χ3n) is 3.38. The smallest absolute Gasteiger partial charge is 0.252 e. The molecule has 1 aromatic heterocycles. The van der Waals surface area contributed by atoms with E-state index >= 15 is 0 Å². The second kappa shape index (κ2) is 6.19. The molecule has 1 aromatic rings. The van der Waals surface area contributed by atoms with Crippen LogP contribution in [0, 0.1) is 13.8 Å². The van der Waals surface area contributed by atoms with Gasteiger partial charge in [-0.1, -0.05) is 25.4 Å². The minimum atomic E-state index is -1.33. The molecule has 1 heterocycles. The van der Waals surface area contributed by atoms with Crippen molar-refractivity contribution in [3.63, 3.8) is 0 Å². The van der Waals surface area contributed by atoms with Gasteiger partial charge >= 0.3 is 0 Å². The maximum absolute atomic E-state index is 12.1. The van der Waals surface area contributed by atoms with Crippen molar-refractivity contribution in [1.82, 2.24) is 10.5 Å². The molecule has 0 spiro atoms. The summed E-state index contributed by atoms with van der Waals surface area (Å²) in [6, 6.07) is -0.179. The van der Waals surface area contributed by atoms with Gasteiger partial charge in [0.25, 0.3) is 5.91 Å². The summed E-state index contributed by atoms with van der Waals surface area (Å²) in [6.45, 7) is 9.14. The molecule has 1 rings (SSSR count). The number of carbonyl (C=O) groups is 1. The summed E-state index contributed by atoms with van der Waals surface area (Å²) in [5.74, 6) is 0.362. The molecule has 1 amide bonds. The molecule has 0 aliphatic rings. The zero-order valence-electron chi connectivity index (χ0n) is 12.4. The first-order chi connectivity index (χ1) is 8.83. The second-order valence-corrected chi connectivity index (χ2v) is 5.20. The highest BCUT2D eigenvalue weighted by Gasteiger charge is 2.31. The predicted molar refractivity (Wildman–Crippen MR) is 72.7 cm³/mol. The highest BCUT2D eigenvalue weighted by molar-refractivity contribution is 5.84. The van der Waals surface area contributed by atoms with Crippen molar-refractivity contribution in [3.05, 3.63) is 17.0 Å². The van der Waals surface area contributed by atoms with Crippen LogP contribution in [0.25, 0.3) is 0 Å². The first-order valence-electron chi connectivity index (χ1n) is 6.79. The van der Waals surface area contributed by atoms with E-state index in [0.717, 1.165) is 24.1 Å². The first kappa shape index (κ1) is 15.7. The molecule has 0 saturated heterocycles. The molecule has 2 N–H and O–H groups in total. The Kier molecular flexibility index (Phi) is 5.11. The fraction of sp³-hybridized carbons (Fsp3) is 0.714. The van der Waals surface area contributed by atoms with Gasteiger partial charge in [0.15, 0.2) is 0 Å². The number of aromatic nitrogens is 1. The van der Waals surface area contributed by atoms with Crippen LogP contribution in [0.5, 0.6) is 0 Å². The largest absolute Gasteiger partial charge is 0.380 e. The molecule has 0 fully saturated rings. The molecule has 5 heteroatoms. The fourth-order valence-electron chi connectivity index (χ4n) is 2.28. The fourth-order valence-corrected chi connectivity index (χ4v) is 2.28. The lowest BCUT2D eigenvalue weighted by molar-refractivity contribution is -0.139. The van der Waals surface area contributed by atoms with E-state index in [0.29, 0.717) is 12.2 Å². The summed E-state index contributed by atoms with van der Waals surface area (Å²) in [6.07, 6.45) is 1.91. The van der Waals surface area contributed by atoms with Crippen molar-refractivity contribution in [2.24, 2.45) is 0 Å². The number of hydrogen-bond donors (Lipinski definition) is 2. The highest BCUT2D eigenvalue weighted by Crippen LogP contribution is 2.25. The molecule has 19 heavy (non-hydrogen) atoms. The maximum atomic E-state index is 12.1. The molecule has 0 aliphatic carbocycles. The van der Waals surface area contributed by atoms with Gasteiger partial charge in [0.05, 0.1) is 11.7 Å². The Balaban J connectivity index is 2.87. The third kappa shape index (κ3) is 3.56. The maximum Gasteiger partial charge on any atom is 0.252 e. The molecule has 5 nitrogen and oxygen atoms in total. The Morgan fingerprint density at radius 1 is 1.47 bits per heavy atom. The van der Waals surface area contributed by atoms with Crippen LogP contribution in [0.2, 0.25) is 0 Å². The van der Waals surface area contributed by atoms with E-state index in [9.17, 15) is 9.90 Å². The number of carbonyl (C=O) groups excluding carboxylic acids is 1. The summed E-state index contributed by atoms with van der Waals surface area (Å²) in [5.41, 5.74) is 0.351. The van der Waals surface area contributed by atoms with E-state index in [-0.39, 0.29) is 11.9 Å². The first-order valence-corrected chi connectivity index (χ1v) is 6.79. The standard InChI is InChI=1S/C14H24N2O3/c1-6-8-14(5,18)13(17)15-11(7-2)12-9(3)16-19-10(12)4/h11,18H,6-8H2,1-5H3,(H,15,17). The Hall–Kier alpha value is -1.36. The summed E-state index contributed by atoms with van der Waals surface area (Å²) in [5, 5.41) is 16.9. The molecule has 2 atom stereocenters. The number of nitrogens with one attached hydrogen (secondary N) is 1. The molecule has 2 unspecified atom stereocenters. The van der Waals surface area contributed by atoms with Gasteiger partial charge < -0.3 is 14.9 Å². The quantitative estimate of drug-likeness (QED) is 0.830. The minimum Gasteiger partial charge on any atom is -0.380 e. The van der Waals surface area contributed by atoms with Crippen molar-refractivity contribution >= 4 is 5.91 Å². The summed E-state index contributed by atoms with van der Waals surface area (Å²) < 4.78 is 5.13. The van der Waals surface area contributed by atoms with Gasteiger partial charge in [-0.15, -0.1) is 0 Å². The van der Waals surface area contributed by atoms with E-state index in [1.165, 1.54) is 0 Å². The lowest BCUT2D eigenvalue weighted by Crippen LogP contribution is -2.45. The average molecular weight is 268 g/mol. The lowest BCUT2D eigenvalue weighted by atomic mass is 9.97. The lowest BCUT2D eigenvalue weighted by Gasteiger charge is -2.25. The van der Waals surface area contributed by atoms with Crippen molar-refractivity contribution in [1.29, 1.82) is 0 Å². The Bertz CT molecular complexity index is 418. The van der Waals surface area contributed by atoms with Crippen LogP contribution < -0.4 is 5.32 Å². The van der Waals surface area contributed by atoms with E-state index in [4.69, 9.17) is 4.52 Å². The number of aliphatic hydroxyl groups is 1. The monoisotopic (exact) mass is 268 g/mol. The predicted octanol–water partition coefficient (Wildman–Crippen LogP) is 2.41. The van der Waals surface area contributed by atoms with Crippen LogP contribution >= 0.6 is 0 Å². The van der Waals surface area contributed by atoms with Gasteiger partial charge in [-0.3, -0.25) is 4.79 Å². The van der Waals surface area contributed by atoms with Gasteiger partial charge in [0, 0.05) is 5.56 Å². The third-order valence-corrected chi connectivity index (χ3v) is 3.38. The van der Waals surface area contributed by atoms with E-state index in [1.54, 1.807) is 6.92 Å². The molecule has 0 aliphatic heterocycles. The van der Waals surface area contributed by atoms with Gasteiger partial charge in [0.1, 0.15) is 11.4 Å². The van der Waals surface area contributed by atoms with Gasteiger partial charge in [-0.2, -0.15) is 0 Å². The van der Waals surface area contributed by atoms with Gasteiger partial charge in [-0.25, -0.2) is 0 Å². The highest BCUT2D eigenvalue weighted by atomic mass is 16.5. The molecule has 0 aromatic carbocycles. The topological polar surface area (TPSA) is 75.4 Å². The Labute approximate surface area is 114 Å². The van der Waals surface area contributed by atoms with Crippen LogP contribution in [0.15, 0.2) is 4.52 Å². The minimum absolute atomic E-state index is 0.179. The zero-order chi connectivity index (χ0) is 14.6. The van der Waals surface area contributed by atoms with Crippen LogP contribution in [-0.2, 0) is 4.79 Å². The number of nitrogens with zero attached hydrogens (tertiary/aromatic N) is 1. The summed E-state index contributed by atoms with van der Waals surface area (Å²) in [7, 11) is 0. The van der Waals surface area contributed by atoms with Crippen molar-refractivity contribution < 1.29 is 14.4 Å². The van der Waals surface area contributed by atoms with Crippen LogP contribution in [0.3, 0.4) is 0 Å². The van der Waals surface area contributed by atoms with Crippen molar-refractivity contribution in [2.75, 3.05) is 0 Å². The second-order valence-electron chi connectivity index (χ2n) is 5.20. The average Bonchev–Trinajstić information content (AvgIpc) is 2.66. The number of amides is 1. The summed E-state index contributed by atoms with van der Waals surface area (Å²) in [4.78, 5) is 12.1. The Morgan fingerprint density at radius 3 is 2.53 bits per heavy atom. The van der Waals surface area contributed by atoms with Gasteiger partial charge in [-0.05, 0) is 33.6 Å².